The first-order chi connectivity index (χ1) is 8.04. The van der Waals surface area contributed by atoms with Crippen molar-refractivity contribution in [3.63, 3.8) is 0 Å². The van der Waals surface area contributed by atoms with Crippen molar-refractivity contribution in [3.8, 4) is 0 Å². The largest absolute Gasteiger partial charge is 0.409 e. The Bertz CT molecular complexity index is 410. The van der Waals surface area contributed by atoms with Crippen LogP contribution in [0.15, 0.2) is 23.4 Å². The summed E-state index contributed by atoms with van der Waals surface area (Å²) in [5, 5.41) is 14.3. The second kappa shape index (κ2) is 6.15. The number of halogens is 2. The Morgan fingerprint density at radius 1 is 1.47 bits per heavy atom. The SMILES string of the molecule is CC(CNCc1ccc(F)c(F)c1)/C(N)=N/O. The van der Waals surface area contributed by atoms with E-state index in [-0.39, 0.29) is 11.8 Å². The van der Waals surface area contributed by atoms with Gasteiger partial charge in [0.15, 0.2) is 11.6 Å². The Hall–Kier alpha value is -1.69. The summed E-state index contributed by atoms with van der Waals surface area (Å²) in [5.41, 5.74) is 6.03. The number of hydrogen-bond donors (Lipinski definition) is 3. The first kappa shape index (κ1) is 13.4. The summed E-state index contributed by atoms with van der Waals surface area (Å²) < 4.78 is 25.5. The fourth-order valence-corrected chi connectivity index (χ4v) is 1.29. The summed E-state index contributed by atoms with van der Waals surface area (Å²) in [4.78, 5) is 0. The van der Waals surface area contributed by atoms with Crippen molar-refractivity contribution in [3.05, 3.63) is 35.4 Å². The van der Waals surface area contributed by atoms with Gasteiger partial charge in [0.2, 0.25) is 0 Å². The summed E-state index contributed by atoms with van der Waals surface area (Å²) in [5.74, 6) is -1.74. The van der Waals surface area contributed by atoms with Crippen molar-refractivity contribution < 1.29 is 14.0 Å². The number of amidine groups is 1. The maximum Gasteiger partial charge on any atom is 0.159 e. The minimum Gasteiger partial charge on any atom is -0.409 e. The highest BCUT2D eigenvalue weighted by atomic mass is 19.2. The number of rotatable bonds is 5. The molecule has 0 aliphatic carbocycles. The van der Waals surface area contributed by atoms with Crippen LogP contribution in [0.1, 0.15) is 12.5 Å². The van der Waals surface area contributed by atoms with Crippen molar-refractivity contribution in [2.45, 2.75) is 13.5 Å². The predicted octanol–water partition coefficient (Wildman–Crippen LogP) is 1.44. The third-order valence-electron chi connectivity index (χ3n) is 2.38. The maximum atomic E-state index is 12.9. The van der Waals surface area contributed by atoms with Crippen LogP contribution in [0, 0.1) is 17.6 Å². The summed E-state index contributed by atoms with van der Waals surface area (Å²) in [6.07, 6.45) is 0. The first-order valence-electron chi connectivity index (χ1n) is 5.16. The Labute approximate surface area is 98.1 Å². The quantitative estimate of drug-likeness (QED) is 0.317. The van der Waals surface area contributed by atoms with Crippen LogP contribution >= 0.6 is 0 Å². The molecule has 0 heterocycles. The smallest absolute Gasteiger partial charge is 0.159 e. The molecular formula is C11H15F2N3O. The van der Waals surface area contributed by atoms with Gasteiger partial charge in [0.05, 0.1) is 0 Å². The molecule has 0 aromatic heterocycles. The fourth-order valence-electron chi connectivity index (χ4n) is 1.29. The third kappa shape index (κ3) is 3.99. The van der Waals surface area contributed by atoms with Gasteiger partial charge in [-0.25, -0.2) is 8.78 Å². The number of nitrogens with one attached hydrogen (secondary N) is 1. The molecular weight excluding hydrogens is 228 g/mol. The highest BCUT2D eigenvalue weighted by Gasteiger charge is 2.07. The van der Waals surface area contributed by atoms with E-state index in [9.17, 15) is 8.78 Å². The maximum absolute atomic E-state index is 12.9. The summed E-state index contributed by atoms with van der Waals surface area (Å²) in [7, 11) is 0. The molecule has 4 N–H and O–H groups in total. The van der Waals surface area contributed by atoms with Crippen LogP contribution < -0.4 is 11.1 Å². The molecule has 6 heteroatoms. The lowest BCUT2D eigenvalue weighted by molar-refractivity contribution is 0.314. The van der Waals surface area contributed by atoms with Crippen molar-refractivity contribution in [1.82, 2.24) is 5.32 Å². The second-order valence-electron chi connectivity index (χ2n) is 3.81. The Kier molecular flexibility index (Phi) is 4.84. The number of hydrogen-bond acceptors (Lipinski definition) is 3. The molecule has 17 heavy (non-hydrogen) atoms. The molecule has 0 fully saturated rings. The van der Waals surface area contributed by atoms with Crippen LogP contribution in [-0.2, 0) is 6.54 Å². The standard InChI is InChI=1S/C11H15F2N3O/c1-7(11(14)16-17)5-15-6-8-2-3-9(12)10(13)4-8/h2-4,7,15,17H,5-6H2,1H3,(H2,14,16). The van der Waals surface area contributed by atoms with Crippen molar-refractivity contribution in [2.24, 2.45) is 16.8 Å². The molecule has 0 bridgehead atoms. The van der Waals surface area contributed by atoms with Gasteiger partial charge in [-0.3, -0.25) is 0 Å². The molecule has 1 atom stereocenters. The molecule has 0 aliphatic heterocycles. The van der Waals surface area contributed by atoms with Gasteiger partial charge in [-0.2, -0.15) is 0 Å². The highest BCUT2D eigenvalue weighted by molar-refractivity contribution is 5.82. The van der Waals surface area contributed by atoms with Crippen LogP contribution in [0.3, 0.4) is 0 Å². The molecule has 0 saturated carbocycles. The Balaban J connectivity index is 2.43. The number of nitrogens with two attached hydrogens (primary N) is 1. The molecule has 1 aromatic rings. The summed E-state index contributed by atoms with van der Waals surface area (Å²) >= 11 is 0. The van der Waals surface area contributed by atoms with Crippen molar-refractivity contribution >= 4 is 5.84 Å². The van der Waals surface area contributed by atoms with Gasteiger partial charge in [0, 0.05) is 19.0 Å². The van der Waals surface area contributed by atoms with Gasteiger partial charge in [-0.05, 0) is 17.7 Å². The monoisotopic (exact) mass is 243 g/mol. The molecule has 0 aliphatic rings. The van der Waals surface area contributed by atoms with Gasteiger partial charge in [-0.1, -0.05) is 18.1 Å². The lowest BCUT2D eigenvalue weighted by Gasteiger charge is -2.11. The van der Waals surface area contributed by atoms with Crippen molar-refractivity contribution in [2.75, 3.05) is 6.54 Å². The zero-order valence-corrected chi connectivity index (χ0v) is 9.45. The molecule has 0 radical (unpaired) electrons. The van der Waals surface area contributed by atoms with Gasteiger partial charge in [0.1, 0.15) is 5.84 Å². The van der Waals surface area contributed by atoms with Crippen LogP contribution in [-0.4, -0.2) is 17.6 Å². The average molecular weight is 243 g/mol. The van der Waals surface area contributed by atoms with E-state index in [0.717, 1.165) is 12.1 Å². The lowest BCUT2D eigenvalue weighted by Crippen LogP contribution is -2.31. The van der Waals surface area contributed by atoms with Gasteiger partial charge < -0.3 is 16.3 Å². The average Bonchev–Trinajstić information content (AvgIpc) is 2.32. The molecule has 1 unspecified atom stereocenters. The Morgan fingerprint density at radius 2 is 2.18 bits per heavy atom. The topological polar surface area (TPSA) is 70.6 Å². The normalized spacial score (nSPS) is 13.7. The van der Waals surface area contributed by atoms with E-state index < -0.39 is 11.6 Å². The lowest BCUT2D eigenvalue weighted by atomic mass is 10.1. The second-order valence-corrected chi connectivity index (χ2v) is 3.81. The number of benzene rings is 1. The summed E-state index contributed by atoms with van der Waals surface area (Å²) in [6.45, 7) is 2.66. The first-order valence-corrected chi connectivity index (χ1v) is 5.16. The zero-order chi connectivity index (χ0) is 12.8. The van der Waals surface area contributed by atoms with E-state index in [1.54, 1.807) is 6.92 Å². The molecule has 0 amide bonds. The number of oxime groups is 1. The van der Waals surface area contributed by atoms with Crippen LogP contribution in [0.25, 0.3) is 0 Å². The molecule has 1 rings (SSSR count). The Morgan fingerprint density at radius 3 is 2.76 bits per heavy atom. The van der Waals surface area contributed by atoms with Gasteiger partial charge in [-0.15, -0.1) is 0 Å². The van der Waals surface area contributed by atoms with E-state index in [0.29, 0.717) is 18.7 Å². The minimum absolute atomic E-state index is 0.128. The van der Waals surface area contributed by atoms with Crippen LogP contribution in [0.5, 0.6) is 0 Å². The van der Waals surface area contributed by atoms with Crippen LogP contribution in [0.2, 0.25) is 0 Å². The van der Waals surface area contributed by atoms with E-state index >= 15 is 0 Å². The molecule has 94 valence electrons. The molecule has 0 spiro atoms. The molecule has 4 nitrogen and oxygen atoms in total. The molecule has 1 aromatic carbocycles. The predicted molar refractivity (Wildman–Crippen MR) is 60.6 cm³/mol. The highest BCUT2D eigenvalue weighted by Crippen LogP contribution is 2.08. The zero-order valence-electron chi connectivity index (χ0n) is 9.45. The van der Waals surface area contributed by atoms with Gasteiger partial charge >= 0.3 is 0 Å². The van der Waals surface area contributed by atoms with Crippen LogP contribution in [0.4, 0.5) is 8.78 Å². The van der Waals surface area contributed by atoms with E-state index in [1.807, 2.05) is 0 Å². The van der Waals surface area contributed by atoms with Crippen molar-refractivity contribution in [1.29, 1.82) is 0 Å². The van der Waals surface area contributed by atoms with E-state index in [2.05, 4.69) is 10.5 Å². The van der Waals surface area contributed by atoms with E-state index in [1.165, 1.54) is 6.07 Å². The summed E-state index contributed by atoms with van der Waals surface area (Å²) in [6, 6.07) is 3.72. The molecule has 0 saturated heterocycles. The van der Waals surface area contributed by atoms with Gasteiger partial charge in [0.25, 0.3) is 0 Å². The van der Waals surface area contributed by atoms with E-state index in [4.69, 9.17) is 10.9 Å². The fraction of sp³-hybridized carbons (Fsp3) is 0.364. The third-order valence-corrected chi connectivity index (χ3v) is 2.38. The number of nitrogens with zero attached hydrogens (tertiary/aromatic N) is 1. The minimum atomic E-state index is -0.867.